The standard InChI is InChI=1S/C41H28/c1-41(2)38-23-36-31-18-8-6-16-29(31)28-15-5-7-17-30(28)34(36)22-37(38)40-33-20-10-9-19-32(33)35(24-39(40)41)27-21-11-13-25-12-3-4-14-26(25)27/h3-24H,1-2H3. The van der Waals surface area contributed by atoms with Gasteiger partial charge in [0.25, 0.3) is 0 Å². The summed E-state index contributed by atoms with van der Waals surface area (Å²) in [4.78, 5) is 0. The molecule has 0 atom stereocenters. The summed E-state index contributed by atoms with van der Waals surface area (Å²) in [6.45, 7) is 4.82. The maximum Gasteiger partial charge on any atom is 0.0159 e. The van der Waals surface area contributed by atoms with E-state index in [4.69, 9.17) is 0 Å². The van der Waals surface area contributed by atoms with Gasteiger partial charge in [-0.1, -0.05) is 129 Å². The summed E-state index contributed by atoms with van der Waals surface area (Å²) in [6, 6.07) is 49.8. The van der Waals surface area contributed by atoms with Crippen molar-refractivity contribution in [3.63, 3.8) is 0 Å². The van der Waals surface area contributed by atoms with Crippen molar-refractivity contribution < 1.29 is 0 Å². The zero-order valence-electron chi connectivity index (χ0n) is 23.2. The van der Waals surface area contributed by atoms with Crippen LogP contribution in [-0.4, -0.2) is 0 Å². The molecule has 0 radical (unpaired) electrons. The Labute approximate surface area is 239 Å². The molecule has 0 unspecified atom stereocenters. The van der Waals surface area contributed by atoms with E-state index < -0.39 is 0 Å². The van der Waals surface area contributed by atoms with Gasteiger partial charge in [0, 0.05) is 5.41 Å². The molecule has 8 aromatic carbocycles. The number of benzene rings is 8. The van der Waals surface area contributed by atoms with Crippen molar-refractivity contribution in [1.29, 1.82) is 0 Å². The Morgan fingerprint density at radius 2 is 0.854 bits per heavy atom. The van der Waals surface area contributed by atoms with E-state index in [9.17, 15) is 0 Å². The summed E-state index contributed by atoms with van der Waals surface area (Å²) in [5.41, 5.74) is 8.09. The van der Waals surface area contributed by atoms with Crippen molar-refractivity contribution in [2.75, 3.05) is 0 Å². The van der Waals surface area contributed by atoms with E-state index >= 15 is 0 Å². The highest BCUT2D eigenvalue weighted by molar-refractivity contribution is 6.26. The van der Waals surface area contributed by atoms with Crippen molar-refractivity contribution in [3.05, 3.63) is 145 Å². The van der Waals surface area contributed by atoms with E-state index in [1.165, 1.54) is 87.2 Å². The summed E-state index contributed by atoms with van der Waals surface area (Å²) in [7, 11) is 0. The van der Waals surface area contributed by atoms with Gasteiger partial charge < -0.3 is 0 Å². The van der Waals surface area contributed by atoms with E-state index in [1.807, 2.05) is 0 Å². The first-order valence-corrected chi connectivity index (χ1v) is 14.5. The third-order valence-electron chi connectivity index (χ3n) is 9.62. The molecule has 0 nitrogen and oxygen atoms in total. The van der Waals surface area contributed by atoms with Gasteiger partial charge in [-0.05, 0) is 105 Å². The highest BCUT2D eigenvalue weighted by atomic mass is 14.4. The first-order chi connectivity index (χ1) is 20.1. The Kier molecular flexibility index (Phi) is 4.49. The van der Waals surface area contributed by atoms with Crippen LogP contribution in [-0.2, 0) is 5.41 Å². The zero-order chi connectivity index (χ0) is 27.3. The molecule has 0 aromatic heterocycles. The topological polar surface area (TPSA) is 0 Å². The fraction of sp³-hybridized carbons (Fsp3) is 0.0732. The molecule has 8 aromatic rings. The molecule has 192 valence electrons. The van der Waals surface area contributed by atoms with Gasteiger partial charge in [-0.25, -0.2) is 0 Å². The van der Waals surface area contributed by atoms with Crippen molar-refractivity contribution in [3.8, 4) is 22.3 Å². The molecule has 41 heavy (non-hydrogen) atoms. The monoisotopic (exact) mass is 520 g/mol. The van der Waals surface area contributed by atoms with Crippen LogP contribution in [0.5, 0.6) is 0 Å². The van der Waals surface area contributed by atoms with E-state index in [1.54, 1.807) is 0 Å². The van der Waals surface area contributed by atoms with Crippen molar-refractivity contribution >= 4 is 53.9 Å². The van der Waals surface area contributed by atoms with Crippen LogP contribution in [0, 0.1) is 0 Å². The Balaban J connectivity index is 1.43. The second-order valence-electron chi connectivity index (χ2n) is 12.1. The molecule has 0 aliphatic heterocycles. The van der Waals surface area contributed by atoms with Crippen LogP contribution in [0.25, 0.3) is 76.1 Å². The predicted octanol–water partition coefficient (Wildman–Crippen LogP) is 11.4. The molecule has 0 heteroatoms. The molecule has 0 saturated carbocycles. The molecule has 0 bridgehead atoms. The summed E-state index contributed by atoms with van der Waals surface area (Å²) < 4.78 is 0. The van der Waals surface area contributed by atoms with Gasteiger partial charge in [0.15, 0.2) is 0 Å². The van der Waals surface area contributed by atoms with Crippen molar-refractivity contribution in [2.24, 2.45) is 0 Å². The van der Waals surface area contributed by atoms with Crippen molar-refractivity contribution in [2.45, 2.75) is 19.3 Å². The molecule has 0 spiro atoms. The smallest absolute Gasteiger partial charge is 0.0159 e. The van der Waals surface area contributed by atoms with E-state index in [2.05, 4.69) is 147 Å². The minimum atomic E-state index is -0.130. The number of hydrogen-bond donors (Lipinski definition) is 0. The van der Waals surface area contributed by atoms with Gasteiger partial charge >= 0.3 is 0 Å². The third-order valence-corrected chi connectivity index (χ3v) is 9.62. The summed E-state index contributed by atoms with van der Waals surface area (Å²) in [6.07, 6.45) is 0. The number of fused-ring (bicyclic) bond motifs is 12. The van der Waals surface area contributed by atoms with Crippen LogP contribution in [0.4, 0.5) is 0 Å². The highest BCUT2D eigenvalue weighted by Gasteiger charge is 2.38. The lowest BCUT2D eigenvalue weighted by Gasteiger charge is -2.24. The lowest BCUT2D eigenvalue weighted by atomic mass is 9.79. The van der Waals surface area contributed by atoms with Crippen LogP contribution < -0.4 is 0 Å². The van der Waals surface area contributed by atoms with E-state index in [-0.39, 0.29) is 5.41 Å². The highest BCUT2D eigenvalue weighted by Crippen LogP contribution is 2.55. The maximum atomic E-state index is 2.51. The molecule has 0 N–H and O–H groups in total. The van der Waals surface area contributed by atoms with Crippen LogP contribution >= 0.6 is 0 Å². The van der Waals surface area contributed by atoms with Gasteiger partial charge in [-0.3, -0.25) is 0 Å². The van der Waals surface area contributed by atoms with Gasteiger partial charge in [-0.15, -0.1) is 0 Å². The van der Waals surface area contributed by atoms with Gasteiger partial charge in [0.2, 0.25) is 0 Å². The number of hydrogen-bond acceptors (Lipinski definition) is 0. The summed E-state index contributed by atoms with van der Waals surface area (Å²) in [5.74, 6) is 0. The van der Waals surface area contributed by atoms with Crippen molar-refractivity contribution in [1.82, 2.24) is 0 Å². The van der Waals surface area contributed by atoms with E-state index in [0.29, 0.717) is 0 Å². The molecule has 1 aliphatic carbocycles. The third kappa shape index (κ3) is 3.00. The van der Waals surface area contributed by atoms with Crippen LogP contribution in [0.2, 0.25) is 0 Å². The lowest BCUT2D eigenvalue weighted by Crippen LogP contribution is -2.15. The molecule has 0 fully saturated rings. The molecule has 1 aliphatic rings. The largest absolute Gasteiger partial charge is 0.0616 e. The van der Waals surface area contributed by atoms with Gasteiger partial charge in [-0.2, -0.15) is 0 Å². The molecular weight excluding hydrogens is 492 g/mol. The quantitative estimate of drug-likeness (QED) is 0.189. The first kappa shape index (κ1) is 22.8. The lowest BCUT2D eigenvalue weighted by molar-refractivity contribution is 0.662. The average Bonchev–Trinajstić information content (AvgIpc) is 3.25. The normalized spacial score (nSPS) is 13.8. The molecule has 0 amide bonds. The Morgan fingerprint density at radius 1 is 0.341 bits per heavy atom. The van der Waals surface area contributed by atoms with E-state index in [0.717, 1.165) is 0 Å². The van der Waals surface area contributed by atoms with Crippen LogP contribution in [0.15, 0.2) is 133 Å². The second kappa shape index (κ2) is 8.05. The van der Waals surface area contributed by atoms with Crippen LogP contribution in [0.3, 0.4) is 0 Å². The summed E-state index contributed by atoms with van der Waals surface area (Å²) >= 11 is 0. The van der Waals surface area contributed by atoms with Crippen LogP contribution in [0.1, 0.15) is 25.0 Å². The predicted molar refractivity (Wildman–Crippen MR) is 177 cm³/mol. The molecule has 0 saturated heterocycles. The van der Waals surface area contributed by atoms with Gasteiger partial charge in [0.05, 0.1) is 0 Å². The first-order valence-electron chi connectivity index (χ1n) is 14.5. The fourth-order valence-corrected chi connectivity index (χ4v) is 7.66. The molecule has 0 heterocycles. The van der Waals surface area contributed by atoms with Gasteiger partial charge in [0.1, 0.15) is 0 Å². The minimum Gasteiger partial charge on any atom is -0.0616 e. The number of rotatable bonds is 1. The molecule has 9 rings (SSSR count). The molecular formula is C41H28. The Hall–Kier alpha value is -4.94. The average molecular weight is 521 g/mol. The Morgan fingerprint density at radius 3 is 1.54 bits per heavy atom. The fourth-order valence-electron chi connectivity index (χ4n) is 7.66. The SMILES string of the molecule is CC1(C)c2cc3c4ccccc4c4ccccc4c3cc2-c2c1cc(-c1cccc3ccccc13)c1ccccc21. The minimum absolute atomic E-state index is 0.130. The maximum absolute atomic E-state index is 2.51. The zero-order valence-corrected chi connectivity index (χ0v) is 23.2. The summed E-state index contributed by atoms with van der Waals surface area (Å²) in [5, 5.41) is 13.2. The Bertz CT molecular complexity index is 2380. The second-order valence-corrected chi connectivity index (χ2v) is 12.1.